The van der Waals surface area contributed by atoms with Gasteiger partial charge in [-0.25, -0.2) is 4.39 Å². The summed E-state index contributed by atoms with van der Waals surface area (Å²) in [5, 5.41) is 10.3. The Hall–Kier alpha value is -1.67. The van der Waals surface area contributed by atoms with Crippen molar-refractivity contribution in [1.29, 1.82) is 0 Å². The van der Waals surface area contributed by atoms with Gasteiger partial charge in [0.2, 0.25) is 0 Å². The van der Waals surface area contributed by atoms with E-state index in [1.807, 2.05) is 37.3 Å². The average Bonchev–Trinajstić information content (AvgIpc) is 2.39. The maximum atomic E-state index is 13.9. The van der Waals surface area contributed by atoms with Crippen molar-refractivity contribution >= 4 is 0 Å². The molecule has 0 fully saturated rings. The monoisotopic (exact) mass is 258 g/mol. The Morgan fingerprint density at radius 3 is 2.63 bits per heavy atom. The molecule has 2 heteroatoms. The lowest BCUT2D eigenvalue weighted by molar-refractivity contribution is 0.215. The first-order chi connectivity index (χ1) is 9.11. The van der Waals surface area contributed by atoms with Crippen LogP contribution >= 0.6 is 0 Å². The highest BCUT2D eigenvalue weighted by molar-refractivity contribution is 5.34. The molecule has 0 radical (unpaired) electrons. The molecule has 2 aromatic rings. The predicted octanol–water partition coefficient (Wildman–Crippen LogP) is 4.17. The second-order valence-electron chi connectivity index (χ2n) is 4.92. The normalized spacial score (nSPS) is 12.4. The summed E-state index contributed by atoms with van der Waals surface area (Å²) >= 11 is 0. The first-order valence-corrected chi connectivity index (χ1v) is 6.64. The topological polar surface area (TPSA) is 20.2 Å². The maximum absolute atomic E-state index is 13.9. The molecule has 0 saturated heterocycles. The molecule has 2 aromatic carbocycles. The molecular weight excluding hydrogens is 239 g/mol. The van der Waals surface area contributed by atoms with Crippen LogP contribution in [0, 0.1) is 12.7 Å². The van der Waals surface area contributed by atoms with E-state index < -0.39 is 6.10 Å². The van der Waals surface area contributed by atoms with Crippen LogP contribution in [0.25, 0.3) is 0 Å². The summed E-state index contributed by atoms with van der Waals surface area (Å²) in [6.07, 6.45) is 1.12. The van der Waals surface area contributed by atoms with Gasteiger partial charge >= 0.3 is 0 Å². The minimum atomic E-state index is -0.905. The average molecular weight is 258 g/mol. The first kappa shape index (κ1) is 13.8. The summed E-state index contributed by atoms with van der Waals surface area (Å²) in [5.74, 6) is -0.353. The Morgan fingerprint density at radius 2 is 1.95 bits per heavy atom. The number of aryl methyl sites for hydroxylation is 2. The molecule has 1 N–H and O–H groups in total. The number of benzene rings is 2. The van der Waals surface area contributed by atoms with Gasteiger partial charge < -0.3 is 5.11 Å². The summed E-state index contributed by atoms with van der Waals surface area (Å²) < 4.78 is 13.9. The maximum Gasteiger partial charge on any atom is 0.129 e. The third-order valence-electron chi connectivity index (χ3n) is 3.26. The van der Waals surface area contributed by atoms with Gasteiger partial charge in [0.25, 0.3) is 0 Å². The number of hydrogen-bond donors (Lipinski definition) is 1. The van der Waals surface area contributed by atoms with Crippen LogP contribution in [0.3, 0.4) is 0 Å². The zero-order valence-corrected chi connectivity index (χ0v) is 11.4. The van der Waals surface area contributed by atoms with E-state index in [0.717, 1.165) is 24.0 Å². The standard InChI is InChI=1S/C17H19FO/c1-3-5-13-6-4-7-14(11-13)17(19)15-9-8-12(2)10-16(15)18/h4,6-11,17,19H,3,5H2,1-2H3. The van der Waals surface area contributed by atoms with E-state index in [9.17, 15) is 9.50 Å². The van der Waals surface area contributed by atoms with E-state index in [0.29, 0.717) is 5.56 Å². The van der Waals surface area contributed by atoms with E-state index in [4.69, 9.17) is 0 Å². The minimum Gasteiger partial charge on any atom is -0.384 e. The van der Waals surface area contributed by atoms with Gasteiger partial charge in [0.15, 0.2) is 0 Å². The van der Waals surface area contributed by atoms with Gasteiger partial charge in [0.1, 0.15) is 11.9 Å². The van der Waals surface area contributed by atoms with Crippen molar-refractivity contribution in [2.24, 2.45) is 0 Å². The molecule has 0 bridgehead atoms. The Labute approximate surface area is 113 Å². The van der Waals surface area contributed by atoms with Gasteiger partial charge in [-0.05, 0) is 36.1 Å². The molecule has 2 rings (SSSR count). The van der Waals surface area contributed by atoms with E-state index in [2.05, 4.69) is 6.92 Å². The van der Waals surface area contributed by atoms with Crippen LogP contribution in [-0.2, 0) is 6.42 Å². The number of halogens is 1. The molecule has 0 amide bonds. The number of rotatable bonds is 4. The van der Waals surface area contributed by atoms with Crippen molar-refractivity contribution in [2.45, 2.75) is 32.8 Å². The van der Waals surface area contributed by atoms with Crippen molar-refractivity contribution in [3.8, 4) is 0 Å². The smallest absolute Gasteiger partial charge is 0.129 e. The summed E-state index contributed by atoms with van der Waals surface area (Å²) in [5.41, 5.74) is 3.10. The third-order valence-corrected chi connectivity index (χ3v) is 3.26. The van der Waals surface area contributed by atoms with Crippen LogP contribution in [0.1, 0.15) is 41.7 Å². The number of aliphatic hydroxyl groups excluding tert-OH is 1. The molecule has 19 heavy (non-hydrogen) atoms. The van der Waals surface area contributed by atoms with Crippen molar-refractivity contribution in [3.05, 3.63) is 70.5 Å². The van der Waals surface area contributed by atoms with Crippen molar-refractivity contribution in [3.63, 3.8) is 0 Å². The van der Waals surface area contributed by atoms with Crippen LogP contribution < -0.4 is 0 Å². The summed E-state index contributed by atoms with van der Waals surface area (Å²) in [6.45, 7) is 3.95. The van der Waals surface area contributed by atoms with Crippen LogP contribution in [-0.4, -0.2) is 5.11 Å². The third kappa shape index (κ3) is 3.21. The molecule has 100 valence electrons. The molecule has 1 atom stereocenters. The van der Waals surface area contributed by atoms with Crippen molar-refractivity contribution in [1.82, 2.24) is 0 Å². The summed E-state index contributed by atoms with van der Waals surface area (Å²) in [4.78, 5) is 0. The first-order valence-electron chi connectivity index (χ1n) is 6.64. The molecule has 0 heterocycles. The number of aliphatic hydroxyl groups is 1. The van der Waals surface area contributed by atoms with Crippen LogP contribution in [0.4, 0.5) is 4.39 Å². The molecule has 0 aliphatic heterocycles. The second kappa shape index (κ2) is 5.98. The Bertz CT molecular complexity index is 563. The molecular formula is C17H19FO. The Balaban J connectivity index is 2.32. The SMILES string of the molecule is CCCc1cccc(C(O)c2ccc(C)cc2F)c1. The van der Waals surface area contributed by atoms with E-state index in [-0.39, 0.29) is 5.82 Å². The predicted molar refractivity (Wildman–Crippen MR) is 75.6 cm³/mol. The molecule has 0 spiro atoms. The largest absolute Gasteiger partial charge is 0.384 e. The van der Waals surface area contributed by atoms with Gasteiger partial charge in [0.05, 0.1) is 0 Å². The summed E-state index contributed by atoms with van der Waals surface area (Å²) in [7, 11) is 0. The fourth-order valence-corrected chi connectivity index (χ4v) is 2.24. The lowest BCUT2D eigenvalue weighted by atomic mass is 9.97. The zero-order chi connectivity index (χ0) is 13.8. The molecule has 0 aliphatic rings. The van der Waals surface area contributed by atoms with Gasteiger partial charge in [0, 0.05) is 5.56 Å². The van der Waals surface area contributed by atoms with Crippen molar-refractivity contribution in [2.75, 3.05) is 0 Å². The van der Waals surface area contributed by atoms with E-state index in [1.54, 1.807) is 6.07 Å². The molecule has 0 saturated carbocycles. The molecule has 0 aromatic heterocycles. The molecule has 0 aliphatic carbocycles. The van der Waals surface area contributed by atoms with Gasteiger partial charge in [-0.2, -0.15) is 0 Å². The highest BCUT2D eigenvalue weighted by Gasteiger charge is 2.15. The fourth-order valence-electron chi connectivity index (χ4n) is 2.24. The van der Waals surface area contributed by atoms with Crippen LogP contribution in [0.2, 0.25) is 0 Å². The lowest BCUT2D eigenvalue weighted by Crippen LogP contribution is -2.03. The fraction of sp³-hybridized carbons (Fsp3) is 0.294. The highest BCUT2D eigenvalue weighted by atomic mass is 19.1. The van der Waals surface area contributed by atoms with E-state index >= 15 is 0 Å². The van der Waals surface area contributed by atoms with Gasteiger partial charge in [-0.15, -0.1) is 0 Å². The van der Waals surface area contributed by atoms with Crippen molar-refractivity contribution < 1.29 is 9.50 Å². The quantitative estimate of drug-likeness (QED) is 0.872. The zero-order valence-electron chi connectivity index (χ0n) is 11.4. The van der Waals surface area contributed by atoms with E-state index in [1.165, 1.54) is 11.6 Å². The van der Waals surface area contributed by atoms with Gasteiger partial charge in [-0.1, -0.05) is 49.7 Å². The summed E-state index contributed by atoms with van der Waals surface area (Å²) in [6, 6.07) is 12.7. The lowest BCUT2D eigenvalue weighted by Gasteiger charge is -2.14. The second-order valence-corrected chi connectivity index (χ2v) is 4.92. The molecule has 1 nitrogen and oxygen atoms in total. The number of hydrogen-bond acceptors (Lipinski definition) is 1. The van der Waals surface area contributed by atoms with Crippen LogP contribution in [0.15, 0.2) is 42.5 Å². The Morgan fingerprint density at radius 1 is 1.16 bits per heavy atom. The molecule has 1 unspecified atom stereocenters. The van der Waals surface area contributed by atoms with Crippen LogP contribution in [0.5, 0.6) is 0 Å². The Kier molecular flexibility index (Phi) is 4.33. The minimum absolute atomic E-state index is 0.333. The van der Waals surface area contributed by atoms with Gasteiger partial charge in [-0.3, -0.25) is 0 Å². The highest BCUT2D eigenvalue weighted by Crippen LogP contribution is 2.25.